The van der Waals surface area contributed by atoms with Crippen LogP contribution in [0.5, 0.6) is 17.2 Å². The molecule has 0 aromatic heterocycles. The van der Waals surface area contributed by atoms with E-state index >= 15 is 0 Å². The van der Waals surface area contributed by atoms with Crippen molar-refractivity contribution in [3.05, 3.63) is 253 Å². The molecule has 0 amide bonds. The number of rotatable bonds is 12. The summed E-state index contributed by atoms with van der Waals surface area (Å²) in [5.41, 5.74) is 15.0. The van der Waals surface area contributed by atoms with E-state index in [4.69, 9.17) is 9.47 Å². The molecule has 4 heteroatoms. The monoisotopic (exact) mass is 828 g/mol. The maximum absolute atomic E-state index is 6.88. The molecule has 64 heavy (non-hydrogen) atoms. The summed E-state index contributed by atoms with van der Waals surface area (Å²) < 4.78 is 13.3. The Balaban J connectivity index is 0.989. The van der Waals surface area contributed by atoms with Gasteiger partial charge in [0.15, 0.2) is 0 Å². The van der Waals surface area contributed by atoms with Crippen molar-refractivity contribution in [2.24, 2.45) is 0 Å². The molecule has 0 aliphatic carbocycles. The number of para-hydroxylation sites is 2. The molecule has 0 unspecified atom stereocenters. The van der Waals surface area contributed by atoms with Gasteiger partial charge in [0.1, 0.15) is 23.9 Å². The third-order valence-corrected chi connectivity index (χ3v) is 12.0. The van der Waals surface area contributed by atoms with Gasteiger partial charge in [0.2, 0.25) is 0 Å². The van der Waals surface area contributed by atoms with E-state index in [9.17, 15) is 0 Å². The first-order valence-electron chi connectivity index (χ1n) is 21.9. The number of benzene rings is 9. The van der Waals surface area contributed by atoms with Crippen LogP contribution in [0, 0.1) is 6.92 Å². The van der Waals surface area contributed by atoms with E-state index in [1.165, 1.54) is 33.4 Å². The molecule has 0 N–H and O–H groups in total. The second-order valence-electron chi connectivity index (χ2n) is 16.2. The van der Waals surface area contributed by atoms with Crippen molar-refractivity contribution in [1.82, 2.24) is 0 Å². The molecule has 0 saturated carbocycles. The number of hydrogen-bond donors (Lipinski definition) is 0. The Labute approximate surface area is 376 Å². The summed E-state index contributed by atoms with van der Waals surface area (Å²) in [6.07, 6.45) is 4.38. The number of nitrogens with zero attached hydrogens (tertiary/aromatic N) is 2. The van der Waals surface area contributed by atoms with Gasteiger partial charge in [-0.25, -0.2) is 0 Å². The van der Waals surface area contributed by atoms with Crippen LogP contribution in [-0.4, -0.2) is 6.61 Å². The zero-order valence-corrected chi connectivity index (χ0v) is 36.1. The molecule has 0 saturated heterocycles. The van der Waals surface area contributed by atoms with Gasteiger partial charge in [-0.05, 0) is 125 Å². The lowest BCUT2D eigenvalue weighted by Crippen LogP contribution is -2.17. The van der Waals surface area contributed by atoms with Crippen molar-refractivity contribution < 1.29 is 9.47 Å². The highest BCUT2D eigenvalue weighted by Crippen LogP contribution is 2.43. The van der Waals surface area contributed by atoms with E-state index in [1.54, 1.807) is 0 Å². The van der Waals surface area contributed by atoms with Crippen molar-refractivity contribution >= 4 is 39.1 Å². The summed E-state index contributed by atoms with van der Waals surface area (Å²) in [7, 11) is 0. The summed E-state index contributed by atoms with van der Waals surface area (Å²) in [5.74, 6) is 2.39. The molecule has 0 atom stereocenters. The number of aryl methyl sites for hydroxylation is 1. The minimum Gasteiger partial charge on any atom is -0.488 e. The Morgan fingerprint density at radius 2 is 1.17 bits per heavy atom. The Hall–Kier alpha value is -8.08. The summed E-state index contributed by atoms with van der Waals surface area (Å²) in [6.45, 7) is 5.47. The molecule has 9 aromatic rings. The van der Waals surface area contributed by atoms with Gasteiger partial charge in [0.05, 0.1) is 0 Å². The lowest BCUT2D eigenvalue weighted by Gasteiger charge is -2.27. The van der Waals surface area contributed by atoms with E-state index in [0.29, 0.717) is 13.2 Å². The smallest absolute Gasteiger partial charge is 0.135 e. The third-order valence-electron chi connectivity index (χ3n) is 12.0. The molecule has 1 aliphatic heterocycles. The molecule has 1 heterocycles. The minimum atomic E-state index is 0.476. The van der Waals surface area contributed by atoms with Crippen LogP contribution in [0.1, 0.15) is 23.6 Å². The number of anilines is 4. The van der Waals surface area contributed by atoms with Crippen LogP contribution in [0.3, 0.4) is 0 Å². The Morgan fingerprint density at radius 1 is 0.547 bits per heavy atom. The average Bonchev–Trinajstić information content (AvgIpc) is 3.35. The predicted octanol–water partition coefficient (Wildman–Crippen LogP) is 16.1. The van der Waals surface area contributed by atoms with Gasteiger partial charge in [-0.3, -0.25) is 0 Å². The molecule has 0 bridgehead atoms. The zero-order chi connectivity index (χ0) is 43.2. The highest BCUT2D eigenvalue weighted by Gasteiger charge is 2.21. The normalized spacial score (nSPS) is 12.8. The highest BCUT2D eigenvalue weighted by molar-refractivity contribution is 6.03. The maximum atomic E-state index is 6.88. The maximum Gasteiger partial charge on any atom is 0.135 e. The molecule has 310 valence electrons. The van der Waals surface area contributed by atoms with Crippen molar-refractivity contribution in [3.63, 3.8) is 0 Å². The van der Waals surface area contributed by atoms with Crippen LogP contribution < -0.4 is 19.3 Å². The molecule has 1 aliphatic rings. The van der Waals surface area contributed by atoms with Gasteiger partial charge < -0.3 is 19.3 Å². The second kappa shape index (κ2) is 18.1. The minimum absolute atomic E-state index is 0.476. The van der Waals surface area contributed by atoms with Crippen LogP contribution in [0.15, 0.2) is 236 Å². The van der Waals surface area contributed by atoms with Crippen molar-refractivity contribution in [2.75, 3.05) is 16.4 Å². The van der Waals surface area contributed by atoms with Crippen LogP contribution >= 0.6 is 0 Å². The van der Waals surface area contributed by atoms with Crippen LogP contribution in [0.2, 0.25) is 0 Å². The van der Waals surface area contributed by atoms with E-state index in [2.05, 4.69) is 242 Å². The number of allylic oxidation sites excluding steroid dienone is 3. The fraction of sp³-hybridized carbons (Fsp3) is 0.0667. The topological polar surface area (TPSA) is 24.9 Å². The first kappa shape index (κ1) is 40.0. The van der Waals surface area contributed by atoms with Gasteiger partial charge in [0, 0.05) is 51.8 Å². The number of hydrogen-bond acceptors (Lipinski definition) is 4. The molecular formula is C60H48N2O2. The van der Waals surface area contributed by atoms with Crippen molar-refractivity contribution in [2.45, 2.75) is 20.4 Å². The zero-order valence-electron chi connectivity index (χ0n) is 36.1. The summed E-state index contributed by atoms with van der Waals surface area (Å²) in [5, 5.41) is 2.05. The molecular weight excluding hydrogens is 781 g/mol. The van der Waals surface area contributed by atoms with Crippen molar-refractivity contribution in [3.8, 4) is 39.5 Å². The van der Waals surface area contributed by atoms with E-state index < -0.39 is 0 Å². The summed E-state index contributed by atoms with van der Waals surface area (Å²) in [6, 6.07) is 76.7. The van der Waals surface area contributed by atoms with Crippen molar-refractivity contribution in [1.29, 1.82) is 0 Å². The molecule has 0 spiro atoms. The largest absolute Gasteiger partial charge is 0.488 e. The fourth-order valence-electron chi connectivity index (χ4n) is 8.80. The van der Waals surface area contributed by atoms with Gasteiger partial charge >= 0.3 is 0 Å². The predicted molar refractivity (Wildman–Crippen MR) is 267 cm³/mol. The fourth-order valence-corrected chi connectivity index (χ4v) is 8.80. The first-order chi connectivity index (χ1) is 31.6. The number of ether oxygens (including phenoxy) is 2. The van der Waals surface area contributed by atoms with E-state index in [0.717, 1.165) is 67.6 Å². The highest BCUT2D eigenvalue weighted by atomic mass is 16.5. The van der Waals surface area contributed by atoms with Crippen LogP contribution in [0.4, 0.5) is 22.7 Å². The molecule has 4 nitrogen and oxygen atoms in total. The Bertz CT molecular complexity index is 3080. The Morgan fingerprint density at radius 3 is 1.91 bits per heavy atom. The van der Waals surface area contributed by atoms with Gasteiger partial charge in [-0.1, -0.05) is 158 Å². The molecule has 0 fully saturated rings. The Kier molecular flexibility index (Phi) is 11.3. The summed E-state index contributed by atoms with van der Waals surface area (Å²) in [4.78, 5) is 4.66. The SMILES string of the molecule is CC(=CC=C1COc2cccc3c(Oc4cccc(N(Cc5ccccc5-c5ccccc5C)c5ccc(-c6ccccc6)cc5)c4)ccc1c23)N(c1ccccc1)c1ccccc1. The molecule has 0 radical (unpaired) electrons. The lowest BCUT2D eigenvalue weighted by molar-refractivity contribution is 0.369. The second-order valence-corrected chi connectivity index (χ2v) is 16.2. The van der Waals surface area contributed by atoms with Crippen LogP contribution in [-0.2, 0) is 6.54 Å². The third kappa shape index (κ3) is 8.30. The first-order valence-corrected chi connectivity index (χ1v) is 21.9. The average molecular weight is 829 g/mol. The molecule has 9 aromatic carbocycles. The standard InChI is InChI=1S/C60H48N2O2/c1-43-18-12-14-28-54(43)55-29-15-13-21-47(55)41-61(49-36-34-46(35-37-49)45-19-6-3-7-20-45)52-26-16-27-53(40-52)64-58-39-38-56-48(42-63-59-31-17-30-57(58)60(56)59)33-32-44(2)62(50-22-8-4-9-23-50)51-24-10-5-11-25-51/h3-40H,41-42H2,1-2H3. The van der Waals surface area contributed by atoms with Gasteiger partial charge in [-0.2, -0.15) is 0 Å². The van der Waals surface area contributed by atoms with Crippen LogP contribution in [0.25, 0.3) is 38.6 Å². The van der Waals surface area contributed by atoms with E-state index in [1.807, 2.05) is 12.1 Å². The van der Waals surface area contributed by atoms with Gasteiger partial charge in [-0.15, -0.1) is 0 Å². The summed E-state index contributed by atoms with van der Waals surface area (Å²) >= 11 is 0. The quantitative estimate of drug-likeness (QED) is 0.122. The van der Waals surface area contributed by atoms with E-state index in [-0.39, 0.29) is 0 Å². The lowest BCUT2D eigenvalue weighted by atomic mass is 9.95. The van der Waals surface area contributed by atoms with Gasteiger partial charge in [0.25, 0.3) is 0 Å². The molecule has 10 rings (SSSR count).